The number of methoxy groups -OCH3 is 1. The summed E-state index contributed by atoms with van der Waals surface area (Å²) < 4.78 is 5.48. The van der Waals surface area contributed by atoms with Crippen molar-refractivity contribution in [2.24, 2.45) is 4.99 Å². The quantitative estimate of drug-likeness (QED) is 0.355. The average molecular weight is 408 g/mol. The summed E-state index contributed by atoms with van der Waals surface area (Å²) in [7, 11) is 2.85. The topological polar surface area (TPSA) is 109 Å². The first-order valence-corrected chi connectivity index (χ1v) is 9.58. The maximum atomic E-state index is 12.5. The largest absolute Gasteiger partial charge is 0.377 e. The maximum absolute atomic E-state index is 12.5. The number of hydroxylamine groups is 1. The van der Waals surface area contributed by atoms with Crippen LogP contribution in [0.2, 0.25) is 0 Å². The molecule has 1 aliphatic heterocycles. The van der Waals surface area contributed by atoms with Gasteiger partial charge in [-0.2, -0.15) is 0 Å². The molecule has 0 saturated carbocycles. The van der Waals surface area contributed by atoms with E-state index in [9.17, 15) is 14.4 Å². The zero-order valence-corrected chi connectivity index (χ0v) is 18.1. The highest BCUT2D eigenvalue weighted by molar-refractivity contribution is 6.38. The molecule has 162 valence electrons. The summed E-state index contributed by atoms with van der Waals surface area (Å²) >= 11 is 0. The minimum absolute atomic E-state index is 0.237. The smallest absolute Gasteiger partial charge is 0.267 e. The van der Waals surface area contributed by atoms with E-state index in [1.165, 1.54) is 20.3 Å². The molecule has 2 atom stereocenters. The normalized spacial score (nSPS) is 21.0. The standard InChI is InChI=1S/C20H32N4O5/c1-7-13(2)14(3)21-15(4)20(27)22-16-10-11-24(12-17(16)28-5)19(26)9-8-18(25)23-29-6/h8-9,16-17H,7,10-12H2,1-6H3,(H,22,27)(H,23,25)/b9-8+,14-13+,21-15?. The van der Waals surface area contributed by atoms with E-state index in [0.717, 1.165) is 23.8 Å². The highest BCUT2D eigenvalue weighted by Crippen LogP contribution is 2.15. The number of ether oxygens (including phenoxy) is 1. The van der Waals surface area contributed by atoms with E-state index >= 15 is 0 Å². The van der Waals surface area contributed by atoms with E-state index in [0.29, 0.717) is 25.2 Å². The van der Waals surface area contributed by atoms with Gasteiger partial charge in [0.25, 0.3) is 11.8 Å². The van der Waals surface area contributed by atoms with Crippen molar-refractivity contribution < 1.29 is 24.0 Å². The molecule has 9 heteroatoms. The number of nitrogens with zero attached hydrogens (tertiary/aromatic N) is 2. The molecule has 1 fully saturated rings. The number of carbonyl (C=O) groups excluding carboxylic acids is 3. The summed E-state index contributed by atoms with van der Waals surface area (Å²) in [6.07, 6.45) is 3.34. The van der Waals surface area contributed by atoms with Gasteiger partial charge in [0.15, 0.2) is 0 Å². The van der Waals surface area contributed by atoms with Gasteiger partial charge in [-0.3, -0.25) is 24.2 Å². The van der Waals surface area contributed by atoms with E-state index in [1.54, 1.807) is 11.8 Å². The second kappa shape index (κ2) is 12.1. The van der Waals surface area contributed by atoms with Crippen molar-refractivity contribution in [1.29, 1.82) is 0 Å². The summed E-state index contributed by atoms with van der Waals surface area (Å²) in [5.74, 6) is -1.09. The molecular weight excluding hydrogens is 376 g/mol. The van der Waals surface area contributed by atoms with Crippen molar-refractivity contribution in [3.63, 3.8) is 0 Å². The van der Waals surface area contributed by atoms with Crippen molar-refractivity contribution in [2.45, 2.75) is 52.7 Å². The molecule has 2 unspecified atom stereocenters. The van der Waals surface area contributed by atoms with Gasteiger partial charge in [0.1, 0.15) is 5.71 Å². The lowest BCUT2D eigenvalue weighted by molar-refractivity contribution is -0.131. The molecular formula is C20H32N4O5. The average Bonchev–Trinajstić information content (AvgIpc) is 2.71. The van der Waals surface area contributed by atoms with Crippen molar-refractivity contribution >= 4 is 23.4 Å². The molecule has 0 aromatic heterocycles. The lowest BCUT2D eigenvalue weighted by atomic mass is 10.0. The Hall–Kier alpha value is -2.52. The number of hydrogen-bond donors (Lipinski definition) is 2. The van der Waals surface area contributed by atoms with Crippen LogP contribution in [0, 0.1) is 0 Å². The molecule has 1 heterocycles. The van der Waals surface area contributed by atoms with Crippen LogP contribution in [0.25, 0.3) is 0 Å². The lowest BCUT2D eigenvalue weighted by Gasteiger charge is -2.37. The van der Waals surface area contributed by atoms with Gasteiger partial charge in [-0.15, -0.1) is 0 Å². The van der Waals surface area contributed by atoms with Crippen LogP contribution < -0.4 is 10.8 Å². The van der Waals surface area contributed by atoms with Crippen LogP contribution in [-0.2, 0) is 24.0 Å². The Balaban J connectivity index is 2.71. The van der Waals surface area contributed by atoms with E-state index < -0.39 is 5.91 Å². The SMILES string of the molecule is CC/C(C)=C(\C)N=C(C)C(=O)NC1CCN(C(=O)/C=C/C(=O)NOC)CC1OC. The summed E-state index contributed by atoms with van der Waals surface area (Å²) in [6, 6.07) is -0.237. The van der Waals surface area contributed by atoms with Crippen LogP contribution in [0.5, 0.6) is 0 Å². The summed E-state index contributed by atoms with van der Waals surface area (Å²) in [4.78, 5) is 46.6. The minimum atomic E-state index is -0.524. The van der Waals surface area contributed by atoms with Crippen LogP contribution in [-0.4, -0.2) is 67.8 Å². The first-order valence-electron chi connectivity index (χ1n) is 9.58. The number of aliphatic imine (C=N–C) groups is 1. The lowest BCUT2D eigenvalue weighted by Crippen LogP contribution is -2.56. The third-order valence-corrected chi connectivity index (χ3v) is 4.88. The molecule has 0 spiro atoms. The maximum Gasteiger partial charge on any atom is 0.267 e. The number of amides is 3. The number of rotatable bonds is 8. The molecule has 29 heavy (non-hydrogen) atoms. The predicted octanol–water partition coefficient (Wildman–Crippen LogP) is 1.12. The first kappa shape index (κ1) is 24.5. The third kappa shape index (κ3) is 7.78. The van der Waals surface area contributed by atoms with Gasteiger partial charge in [0.2, 0.25) is 5.91 Å². The van der Waals surface area contributed by atoms with Gasteiger partial charge in [0.05, 0.1) is 19.3 Å². The Morgan fingerprint density at radius 1 is 1.17 bits per heavy atom. The fraction of sp³-hybridized carbons (Fsp3) is 0.600. The number of allylic oxidation sites excluding steroid dienone is 2. The fourth-order valence-corrected chi connectivity index (χ4v) is 2.83. The van der Waals surface area contributed by atoms with Crippen LogP contribution in [0.1, 0.15) is 40.5 Å². The number of piperidine rings is 1. The van der Waals surface area contributed by atoms with E-state index in [4.69, 9.17) is 4.74 Å². The highest BCUT2D eigenvalue weighted by Gasteiger charge is 2.32. The Morgan fingerprint density at radius 3 is 2.45 bits per heavy atom. The Labute approximate surface area is 172 Å². The Kier molecular flexibility index (Phi) is 10.3. The van der Waals surface area contributed by atoms with Gasteiger partial charge in [-0.1, -0.05) is 12.5 Å². The third-order valence-electron chi connectivity index (χ3n) is 4.88. The van der Waals surface area contributed by atoms with E-state index in [1.807, 2.05) is 20.8 Å². The van der Waals surface area contributed by atoms with Gasteiger partial charge in [-0.05, 0) is 33.6 Å². The number of carbonyl (C=O) groups is 3. The molecule has 1 rings (SSSR count). The zero-order valence-electron chi connectivity index (χ0n) is 18.1. The predicted molar refractivity (Wildman–Crippen MR) is 110 cm³/mol. The van der Waals surface area contributed by atoms with Crippen LogP contribution in [0.4, 0.5) is 0 Å². The highest BCUT2D eigenvalue weighted by atomic mass is 16.6. The van der Waals surface area contributed by atoms with Crippen molar-refractivity contribution in [3.8, 4) is 0 Å². The second-order valence-corrected chi connectivity index (χ2v) is 6.85. The Morgan fingerprint density at radius 2 is 1.86 bits per heavy atom. The number of nitrogens with one attached hydrogen (secondary N) is 2. The summed E-state index contributed by atoms with van der Waals surface area (Å²) in [6.45, 7) is 8.34. The molecule has 0 aliphatic carbocycles. The van der Waals surface area contributed by atoms with Crippen molar-refractivity contribution in [1.82, 2.24) is 15.7 Å². The van der Waals surface area contributed by atoms with Crippen molar-refractivity contribution in [2.75, 3.05) is 27.3 Å². The number of hydrogen-bond acceptors (Lipinski definition) is 6. The van der Waals surface area contributed by atoms with Gasteiger partial charge < -0.3 is 15.0 Å². The molecule has 0 bridgehead atoms. The molecule has 1 aliphatic rings. The van der Waals surface area contributed by atoms with Gasteiger partial charge >= 0.3 is 0 Å². The molecule has 0 radical (unpaired) electrons. The van der Waals surface area contributed by atoms with E-state index in [2.05, 4.69) is 20.6 Å². The molecule has 0 aromatic carbocycles. The van der Waals surface area contributed by atoms with Crippen LogP contribution in [0.3, 0.4) is 0 Å². The number of likely N-dealkylation sites (tertiary alicyclic amines) is 1. The molecule has 2 N–H and O–H groups in total. The van der Waals surface area contributed by atoms with E-state index in [-0.39, 0.29) is 24.0 Å². The minimum Gasteiger partial charge on any atom is -0.377 e. The Bertz CT molecular complexity index is 699. The molecule has 9 nitrogen and oxygen atoms in total. The first-order chi connectivity index (χ1) is 13.7. The molecule has 3 amide bonds. The molecule has 1 saturated heterocycles. The summed E-state index contributed by atoms with van der Waals surface area (Å²) in [5, 5.41) is 2.95. The monoisotopic (exact) mass is 408 g/mol. The van der Waals surface area contributed by atoms with Gasteiger partial charge in [-0.25, -0.2) is 5.48 Å². The summed E-state index contributed by atoms with van der Waals surface area (Å²) in [5.41, 5.74) is 4.46. The molecule has 0 aromatic rings. The second-order valence-electron chi connectivity index (χ2n) is 6.85. The fourth-order valence-electron chi connectivity index (χ4n) is 2.83. The zero-order chi connectivity index (χ0) is 22.0. The van der Waals surface area contributed by atoms with Gasteiger partial charge in [0, 0.05) is 38.0 Å². The van der Waals surface area contributed by atoms with Crippen LogP contribution >= 0.6 is 0 Å². The van der Waals surface area contributed by atoms with Crippen molar-refractivity contribution in [3.05, 3.63) is 23.4 Å². The van der Waals surface area contributed by atoms with Crippen LogP contribution in [0.15, 0.2) is 28.4 Å².